The van der Waals surface area contributed by atoms with E-state index in [1.165, 1.54) is 19.3 Å². The van der Waals surface area contributed by atoms with Gasteiger partial charge in [0.25, 0.3) is 0 Å². The van der Waals surface area contributed by atoms with E-state index in [0.717, 1.165) is 17.7 Å². The topological polar surface area (TPSA) is 41.6 Å². The molecule has 1 aromatic rings. The standard InChI is InChI=1S/C19H30N2O2/c1-14(15-9-5-8-12-18(15)23-4)13-19(22)20-16-10-6-7-11-17(16)21(2)3/h5,8-9,12,14,16-17H,6-7,10-11,13H2,1-4H3,(H,20,22)/t14-,16+,17-/m1/s1. The number of benzene rings is 1. The molecule has 4 nitrogen and oxygen atoms in total. The van der Waals surface area contributed by atoms with E-state index >= 15 is 0 Å². The van der Waals surface area contributed by atoms with Crippen LogP contribution in [0.2, 0.25) is 0 Å². The maximum absolute atomic E-state index is 12.5. The average Bonchev–Trinajstić information content (AvgIpc) is 2.54. The second-order valence-electron chi connectivity index (χ2n) is 6.84. The summed E-state index contributed by atoms with van der Waals surface area (Å²) in [4.78, 5) is 14.7. The minimum atomic E-state index is 0.141. The highest BCUT2D eigenvalue weighted by molar-refractivity contribution is 5.77. The molecule has 0 aromatic heterocycles. The van der Waals surface area contributed by atoms with Crippen LogP contribution in [0.1, 0.15) is 50.5 Å². The molecule has 0 spiro atoms. The first-order valence-corrected chi connectivity index (χ1v) is 8.61. The van der Waals surface area contributed by atoms with Crippen LogP contribution in [0.15, 0.2) is 24.3 Å². The summed E-state index contributed by atoms with van der Waals surface area (Å²) in [5.74, 6) is 1.14. The zero-order valence-electron chi connectivity index (χ0n) is 14.8. The Morgan fingerprint density at radius 3 is 2.70 bits per heavy atom. The number of methoxy groups -OCH3 is 1. The third-order valence-electron chi connectivity index (χ3n) is 4.90. The Labute approximate surface area is 140 Å². The molecule has 1 amide bonds. The highest BCUT2D eigenvalue weighted by Gasteiger charge is 2.28. The van der Waals surface area contributed by atoms with Crippen molar-refractivity contribution < 1.29 is 9.53 Å². The molecule has 1 aromatic carbocycles. The SMILES string of the molecule is COc1ccccc1[C@H](C)CC(=O)N[C@H]1CCCC[C@H]1N(C)C. The van der Waals surface area contributed by atoms with Gasteiger partial charge in [0.2, 0.25) is 5.91 Å². The zero-order valence-corrected chi connectivity index (χ0v) is 14.8. The van der Waals surface area contributed by atoms with Crippen LogP contribution >= 0.6 is 0 Å². The molecular weight excluding hydrogens is 288 g/mol. The van der Waals surface area contributed by atoms with Crippen LogP contribution in [0, 0.1) is 0 Å². The molecule has 23 heavy (non-hydrogen) atoms. The Kier molecular flexibility index (Phi) is 6.46. The Bertz CT molecular complexity index is 516. The second kappa shape index (κ2) is 8.34. The Balaban J connectivity index is 1.95. The summed E-state index contributed by atoms with van der Waals surface area (Å²) in [6.45, 7) is 2.09. The highest BCUT2D eigenvalue weighted by Crippen LogP contribution is 2.28. The minimum Gasteiger partial charge on any atom is -0.496 e. The molecule has 1 saturated carbocycles. The molecule has 4 heteroatoms. The van der Waals surface area contributed by atoms with Crippen LogP contribution in [-0.4, -0.2) is 44.1 Å². The molecule has 0 radical (unpaired) electrons. The lowest BCUT2D eigenvalue weighted by atomic mass is 9.89. The van der Waals surface area contributed by atoms with Crippen molar-refractivity contribution in [3.05, 3.63) is 29.8 Å². The van der Waals surface area contributed by atoms with Crippen molar-refractivity contribution in [2.45, 2.75) is 57.0 Å². The summed E-state index contributed by atoms with van der Waals surface area (Å²) in [5, 5.41) is 3.27. The monoisotopic (exact) mass is 318 g/mol. The lowest BCUT2D eigenvalue weighted by Gasteiger charge is -2.36. The normalized spacial score (nSPS) is 22.7. The summed E-state index contributed by atoms with van der Waals surface area (Å²) in [6, 6.07) is 8.67. The summed E-state index contributed by atoms with van der Waals surface area (Å²) in [7, 11) is 5.88. The quantitative estimate of drug-likeness (QED) is 0.876. The maximum Gasteiger partial charge on any atom is 0.220 e. The van der Waals surface area contributed by atoms with E-state index in [1.54, 1.807) is 7.11 Å². The van der Waals surface area contributed by atoms with Gasteiger partial charge in [-0.15, -0.1) is 0 Å². The molecule has 0 unspecified atom stereocenters. The van der Waals surface area contributed by atoms with E-state index in [9.17, 15) is 4.79 Å². The third-order valence-corrected chi connectivity index (χ3v) is 4.90. The van der Waals surface area contributed by atoms with Crippen LogP contribution in [0.25, 0.3) is 0 Å². The fourth-order valence-electron chi connectivity index (χ4n) is 3.63. The van der Waals surface area contributed by atoms with E-state index in [0.29, 0.717) is 12.5 Å². The van der Waals surface area contributed by atoms with Crippen LogP contribution < -0.4 is 10.1 Å². The lowest BCUT2D eigenvalue weighted by Crippen LogP contribution is -2.51. The highest BCUT2D eigenvalue weighted by atomic mass is 16.5. The average molecular weight is 318 g/mol. The predicted molar refractivity (Wildman–Crippen MR) is 93.9 cm³/mol. The van der Waals surface area contributed by atoms with Gasteiger partial charge in [-0.25, -0.2) is 0 Å². The second-order valence-corrected chi connectivity index (χ2v) is 6.84. The van der Waals surface area contributed by atoms with Crippen molar-refractivity contribution in [2.24, 2.45) is 0 Å². The van der Waals surface area contributed by atoms with E-state index in [2.05, 4.69) is 31.2 Å². The fraction of sp³-hybridized carbons (Fsp3) is 0.632. The van der Waals surface area contributed by atoms with Crippen molar-refractivity contribution in [1.29, 1.82) is 0 Å². The number of rotatable bonds is 6. The van der Waals surface area contributed by atoms with Gasteiger partial charge in [-0.3, -0.25) is 4.79 Å². The molecule has 0 aliphatic heterocycles. The first-order chi connectivity index (χ1) is 11.0. The Morgan fingerprint density at radius 1 is 1.30 bits per heavy atom. The van der Waals surface area contributed by atoms with Gasteiger partial charge in [-0.2, -0.15) is 0 Å². The fourth-order valence-corrected chi connectivity index (χ4v) is 3.63. The molecule has 1 N–H and O–H groups in total. The zero-order chi connectivity index (χ0) is 16.8. The van der Waals surface area contributed by atoms with Crippen molar-refractivity contribution >= 4 is 5.91 Å². The first-order valence-electron chi connectivity index (χ1n) is 8.61. The lowest BCUT2D eigenvalue weighted by molar-refractivity contribution is -0.122. The number of amides is 1. The number of nitrogens with zero attached hydrogens (tertiary/aromatic N) is 1. The van der Waals surface area contributed by atoms with Gasteiger partial charge in [0.15, 0.2) is 0 Å². The molecule has 2 rings (SSSR count). The van der Waals surface area contributed by atoms with E-state index < -0.39 is 0 Å². The molecule has 1 fully saturated rings. The number of carbonyl (C=O) groups excluding carboxylic acids is 1. The van der Waals surface area contributed by atoms with Gasteiger partial charge in [0.1, 0.15) is 5.75 Å². The molecule has 0 saturated heterocycles. The number of nitrogens with one attached hydrogen (secondary N) is 1. The van der Waals surface area contributed by atoms with Gasteiger partial charge in [-0.1, -0.05) is 38.0 Å². The van der Waals surface area contributed by atoms with Crippen LogP contribution in [0.4, 0.5) is 0 Å². The van der Waals surface area contributed by atoms with Gasteiger partial charge >= 0.3 is 0 Å². The number of para-hydroxylation sites is 1. The van der Waals surface area contributed by atoms with E-state index in [4.69, 9.17) is 4.74 Å². The molecule has 3 atom stereocenters. The number of ether oxygens (including phenoxy) is 1. The van der Waals surface area contributed by atoms with Gasteiger partial charge < -0.3 is 15.0 Å². The smallest absolute Gasteiger partial charge is 0.220 e. The van der Waals surface area contributed by atoms with Crippen molar-refractivity contribution in [1.82, 2.24) is 10.2 Å². The summed E-state index contributed by atoms with van der Waals surface area (Å²) < 4.78 is 5.41. The van der Waals surface area contributed by atoms with E-state index in [1.807, 2.05) is 24.3 Å². The van der Waals surface area contributed by atoms with Crippen LogP contribution in [-0.2, 0) is 4.79 Å². The van der Waals surface area contributed by atoms with Crippen LogP contribution in [0.5, 0.6) is 5.75 Å². The summed E-state index contributed by atoms with van der Waals surface area (Å²) in [6.07, 6.45) is 5.21. The number of likely N-dealkylation sites (N-methyl/N-ethyl adjacent to an activating group) is 1. The Hall–Kier alpha value is -1.55. The minimum absolute atomic E-state index is 0.141. The van der Waals surface area contributed by atoms with Crippen molar-refractivity contribution in [3.63, 3.8) is 0 Å². The van der Waals surface area contributed by atoms with Gasteiger partial charge in [-0.05, 0) is 44.5 Å². The van der Waals surface area contributed by atoms with Crippen molar-refractivity contribution in [3.8, 4) is 5.75 Å². The van der Waals surface area contributed by atoms with Gasteiger partial charge in [0.05, 0.1) is 7.11 Å². The number of hydrogen-bond donors (Lipinski definition) is 1. The van der Waals surface area contributed by atoms with Crippen molar-refractivity contribution in [2.75, 3.05) is 21.2 Å². The number of hydrogen-bond acceptors (Lipinski definition) is 3. The van der Waals surface area contributed by atoms with E-state index in [-0.39, 0.29) is 17.9 Å². The third kappa shape index (κ3) is 4.71. The predicted octanol–water partition coefficient (Wildman–Crippen LogP) is 3.18. The molecular formula is C19H30N2O2. The molecule has 128 valence electrons. The Morgan fingerprint density at radius 2 is 2.00 bits per heavy atom. The summed E-state index contributed by atoms with van der Waals surface area (Å²) in [5.41, 5.74) is 1.10. The largest absolute Gasteiger partial charge is 0.496 e. The van der Waals surface area contributed by atoms with Gasteiger partial charge in [0, 0.05) is 18.5 Å². The molecule has 1 aliphatic carbocycles. The maximum atomic E-state index is 12.5. The van der Waals surface area contributed by atoms with Crippen LogP contribution in [0.3, 0.4) is 0 Å². The summed E-state index contributed by atoms with van der Waals surface area (Å²) >= 11 is 0. The molecule has 1 aliphatic rings. The first kappa shape index (κ1) is 17.8. The molecule has 0 heterocycles. The molecule has 0 bridgehead atoms. The number of carbonyl (C=O) groups is 1.